The zero-order valence-corrected chi connectivity index (χ0v) is 16.8. The highest BCUT2D eigenvalue weighted by Crippen LogP contribution is 2.59. The van der Waals surface area contributed by atoms with Crippen LogP contribution in [0.1, 0.15) is 41.0 Å². The van der Waals surface area contributed by atoms with Crippen LogP contribution < -0.4 is 0 Å². The standard InChI is InChI=1S/C17H32NO5P/c1-9-10-19-13-11-14(20-12(2)15(13)18(7)8)21-24-22-16(3,4)17(5,6)23-24/h9,12-15H,1,10-11H2,2-8H3/t12-,13-,14-,15-/m1/s1. The predicted molar refractivity (Wildman–Crippen MR) is 94.7 cm³/mol. The van der Waals surface area contributed by atoms with Gasteiger partial charge in [-0.2, -0.15) is 0 Å². The number of hydrogen-bond acceptors (Lipinski definition) is 6. The first-order chi connectivity index (χ1) is 11.1. The van der Waals surface area contributed by atoms with Crippen molar-refractivity contribution in [2.24, 2.45) is 0 Å². The Bertz CT molecular complexity index is 427. The maximum Gasteiger partial charge on any atom is 0.336 e. The molecular weight excluding hydrogens is 329 g/mol. The zero-order chi connectivity index (χ0) is 18.1. The van der Waals surface area contributed by atoms with Crippen molar-refractivity contribution in [2.75, 3.05) is 20.7 Å². The van der Waals surface area contributed by atoms with E-state index in [2.05, 4.69) is 11.5 Å². The monoisotopic (exact) mass is 361 g/mol. The molecule has 0 saturated carbocycles. The highest BCUT2D eigenvalue weighted by Gasteiger charge is 2.52. The second-order valence-electron chi connectivity index (χ2n) is 7.65. The van der Waals surface area contributed by atoms with Crippen LogP contribution in [0.25, 0.3) is 0 Å². The van der Waals surface area contributed by atoms with Crippen molar-refractivity contribution in [3.8, 4) is 0 Å². The second kappa shape index (κ2) is 7.67. The summed E-state index contributed by atoms with van der Waals surface area (Å²) in [5.74, 6) is 0. The van der Waals surface area contributed by atoms with E-state index in [0.29, 0.717) is 13.0 Å². The molecule has 0 spiro atoms. The highest BCUT2D eigenvalue weighted by molar-refractivity contribution is 7.42. The molecule has 0 aromatic heterocycles. The molecule has 0 aromatic rings. The summed E-state index contributed by atoms with van der Waals surface area (Å²) in [7, 11) is 2.63. The van der Waals surface area contributed by atoms with Crippen LogP contribution in [-0.4, -0.2) is 61.3 Å². The van der Waals surface area contributed by atoms with Crippen molar-refractivity contribution < 1.29 is 23.0 Å². The Morgan fingerprint density at radius 3 is 2.29 bits per heavy atom. The van der Waals surface area contributed by atoms with Gasteiger partial charge >= 0.3 is 8.60 Å². The van der Waals surface area contributed by atoms with Gasteiger partial charge in [-0.15, -0.1) is 6.58 Å². The summed E-state index contributed by atoms with van der Waals surface area (Å²) in [6.07, 6.45) is 1.98. The van der Waals surface area contributed by atoms with Crippen LogP contribution in [0.4, 0.5) is 0 Å². The van der Waals surface area contributed by atoms with E-state index >= 15 is 0 Å². The third-order valence-corrected chi connectivity index (χ3v) is 6.55. The summed E-state index contributed by atoms with van der Waals surface area (Å²) in [5.41, 5.74) is -0.798. The number of ether oxygens (including phenoxy) is 2. The molecule has 0 radical (unpaired) electrons. The maximum absolute atomic E-state index is 6.06. The predicted octanol–water partition coefficient (Wildman–Crippen LogP) is 3.47. The van der Waals surface area contributed by atoms with Crippen molar-refractivity contribution in [1.29, 1.82) is 0 Å². The lowest BCUT2D eigenvalue weighted by Crippen LogP contribution is -2.55. The van der Waals surface area contributed by atoms with Gasteiger partial charge in [0.25, 0.3) is 0 Å². The number of rotatable bonds is 6. The molecular formula is C17H32NO5P. The quantitative estimate of drug-likeness (QED) is 0.533. The Labute approximate surface area is 147 Å². The molecule has 0 bridgehead atoms. The molecule has 2 fully saturated rings. The van der Waals surface area contributed by atoms with Gasteiger partial charge in [0.15, 0.2) is 6.29 Å². The molecule has 6 nitrogen and oxygen atoms in total. The van der Waals surface area contributed by atoms with Gasteiger partial charge < -0.3 is 23.4 Å². The fourth-order valence-corrected chi connectivity index (χ4v) is 4.57. The van der Waals surface area contributed by atoms with Crippen LogP contribution in [0.2, 0.25) is 0 Å². The van der Waals surface area contributed by atoms with Crippen LogP contribution >= 0.6 is 8.60 Å². The largest absolute Gasteiger partial charge is 0.372 e. The van der Waals surface area contributed by atoms with Crippen LogP contribution in [0.15, 0.2) is 12.7 Å². The van der Waals surface area contributed by atoms with E-state index in [9.17, 15) is 0 Å². The molecule has 0 aliphatic carbocycles. The van der Waals surface area contributed by atoms with Gasteiger partial charge in [-0.05, 0) is 48.7 Å². The van der Waals surface area contributed by atoms with E-state index in [4.69, 9.17) is 23.0 Å². The smallest absolute Gasteiger partial charge is 0.336 e. The SMILES string of the molecule is C=CCO[C@@H]1C[C@@H](OP2OC(C)(C)C(C)(C)O2)O[C@H](C)[C@H]1N(C)C. The van der Waals surface area contributed by atoms with Gasteiger partial charge in [0.2, 0.25) is 0 Å². The molecule has 0 N–H and O–H groups in total. The lowest BCUT2D eigenvalue weighted by atomic mass is 9.90. The Balaban J connectivity index is 2.01. The molecule has 4 atom stereocenters. The first-order valence-electron chi connectivity index (χ1n) is 8.47. The van der Waals surface area contributed by atoms with Crippen LogP contribution in [0.5, 0.6) is 0 Å². The minimum absolute atomic E-state index is 0.00498. The fourth-order valence-electron chi connectivity index (χ4n) is 2.94. The van der Waals surface area contributed by atoms with Gasteiger partial charge in [-0.3, -0.25) is 4.52 Å². The van der Waals surface area contributed by atoms with Crippen LogP contribution in [-0.2, 0) is 23.0 Å². The average Bonchev–Trinajstić information content (AvgIpc) is 2.62. The lowest BCUT2D eigenvalue weighted by Gasteiger charge is -2.43. The van der Waals surface area contributed by atoms with Gasteiger partial charge in [0.1, 0.15) is 11.2 Å². The Hall–Kier alpha value is -0.0700. The third-order valence-electron chi connectivity index (χ3n) is 4.94. The fraction of sp³-hybridized carbons (Fsp3) is 0.882. The molecule has 0 unspecified atom stereocenters. The van der Waals surface area contributed by atoms with Gasteiger partial charge in [-0.1, -0.05) is 6.08 Å². The van der Waals surface area contributed by atoms with Gasteiger partial charge in [0.05, 0.1) is 24.9 Å². The molecule has 7 heteroatoms. The van der Waals surface area contributed by atoms with E-state index < -0.39 is 26.1 Å². The van der Waals surface area contributed by atoms with Gasteiger partial charge in [-0.25, -0.2) is 0 Å². The number of hydrogen-bond donors (Lipinski definition) is 0. The van der Waals surface area contributed by atoms with E-state index in [1.165, 1.54) is 0 Å². The first-order valence-corrected chi connectivity index (χ1v) is 9.56. The molecule has 0 aromatic carbocycles. The highest BCUT2D eigenvalue weighted by atomic mass is 31.2. The van der Waals surface area contributed by atoms with E-state index in [-0.39, 0.29) is 18.2 Å². The normalized spacial score (nSPS) is 36.2. The summed E-state index contributed by atoms with van der Waals surface area (Å²) in [5, 5.41) is 0. The molecule has 2 heterocycles. The molecule has 0 amide bonds. The van der Waals surface area contributed by atoms with Crippen LogP contribution in [0, 0.1) is 0 Å². The molecule has 2 aliphatic heterocycles. The minimum Gasteiger partial charge on any atom is -0.372 e. The Morgan fingerprint density at radius 2 is 1.79 bits per heavy atom. The van der Waals surface area contributed by atoms with Gasteiger partial charge in [0, 0.05) is 6.42 Å². The summed E-state index contributed by atoms with van der Waals surface area (Å²) in [4.78, 5) is 2.13. The summed E-state index contributed by atoms with van der Waals surface area (Å²) in [6, 6.07) is 0.163. The average molecular weight is 361 g/mol. The number of likely N-dealkylation sites (N-methyl/N-ethyl adjacent to an activating group) is 1. The van der Waals surface area contributed by atoms with E-state index in [0.717, 1.165) is 0 Å². The van der Waals surface area contributed by atoms with Crippen molar-refractivity contribution in [3.63, 3.8) is 0 Å². The third kappa shape index (κ3) is 4.36. The lowest BCUT2D eigenvalue weighted by molar-refractivity contribution is -0.208. The van der Waals surface area contributed by atoms with Crippen molar-refractivity contribution in [3.05, 3.63) is 12.7 Å². The Kier molecular flexibility index (Phi) is 6.47. The van der Waals surface area contributed by atoms with Crippen LogP contribution in [0.3, 0.4) is 0 Å². The molecule has 2 rings (SSSR count). The molecule has 24 heavy (non-hydrogen) atoms. The second-order valence-corrected chi connectivity index (χ2v) is 8.68. The maximum atomic E-state index is 6.06. The zero-order valence-electron chi connectivity index (χ0n) is 15.9. The molecule has 2 aliphatic rings. The molecule has 2 saturated heterocycles. The first kappa shape index (κ1) is 20.2. The summed E-state index contributed by atoms with van der Waals surface area (Å²) in [6.45, 7) is 14.3. The summed E-state index contributed by atoms with van der Waals surface area (Å²) >= 11 is 0. The Morgan fingerprint density at radius 1 is 1.21 bits per heavy atom. The topological polar surface area (TPSA) is 49.4 Å². The van der Waals surface area contributed by atoms with Crippen molar-refractivity contribution in [2.45, 2.75) is 76.8 Å². The molecule has 140 valence electrons. The summed E-state index contributed by atoms with van der Waals surface area (Å²) < 4.78 is 30.0. The van der Waals surface area contributed by atoms with E-state index in [1.807, 2.05) is 48.7 Å². The number of nitrogens with zero attached hydrogens (tertiary/aromatic N) is 1. The van der Waals surface area contributed by atoms with Crippen molar-refractivity contribution >= 4 is 8.60 Å². The van der Waals surface area contributed by atoms with E-state index in [1.54, 1.807) is 6.08 Å². The minimum atomic E-state index is -1.44. The van der Waals surface area contributed by atoms with Crippen molar-refractivity contribution in [1.82, 2.24) is 4.90 Å².